The van der Waals surface area contributed by atoms with Gasteiger partial charge in [0.1, 0.15) is 5.00 Å². The Morgan fingerprint density at radius 1 is 1.64 bits per heavy atom. The molecule has 2 rings (SSSR count). The first-order valence-electron chi connectivity index (χ1n) is 4.44. The van der Waals surface area contributed by atoms with E-state index in [2.05, 4.69) is 9.69 Å². The summed E-state index contributed by atoms with van der Waals surface area (Å²) >= 11 is 5.14. The van der Waals surface area contributed by atoms with Gasteiger partial charge in [0, 0.05) is 11.8 Å². The zero-order valence-corrected chi connectivity index (χ0v) is 10.4. The van der Waals surface area contributed by atoms with Crippen LogP contribution in [0, 0.1) is 0 Å². The van der Waals surface area contributed by atoms with Crippen molar-refractivity contribution >= 4 is 45.9 Å². The van der Waals surface area contributed by atoms with E-state index in [-0.39, 0.29) is 0 Å². The topological polar surface area (TPSA) is 50.9 Å². The Balaban J connectivity index is 2.07. The van der Waals surface area contributed by atoms with Crippen LogP contribution in [0.1, 0.15) is 6.42 Å². The summed E-state index contributed by atoms with van der Waals surface area (Å²) in [5.41, 5.74) is 5.76. The summed E-state index contributed by atoms with van der Waals surface area (Å²) in [5.74, 6) is 3.13. The van der Waals surface area contributed by atoms with Crippen LogP contribution < -0.4 is 11.1 Å². The van der Waals surface area contributed by atoms with E-state index in [9.17, 15) is 0 Å². The smallest absolute Gasteiger partial charge is 0.153 e. The molecule has 0 aromatic carbocycles. The number of aromatic nitrogens is 1. The second-order valence-corrected chi connectivity index (χ2v) is 5.87. The molecule has 1 aliphatic rings. The first-order valence-corrected chi connectivity index (χ1v) is 7.60. The van der Waals surface area contributed by atoms with Crippen molar-refractivity contribution in [1.29, 1.82) is 0 Å². The van der Waals surface area contributed by atoms with E-state index >= 15 is 0 Å². The molecule has 6 heteroatoms. The van der Waals surface area contributed by atoms with Gasteiger partial charge in [-0.1, -0.05) is 0 Å². The fourth-order valence-corrected chi connectivity index (χ4v) is 4.18. The number of nitrogen functional groups attached to an aromatic ring is 1. The third kappa shape index (κ3) is 2.12. The summed E-state index contributed by atoms with van der Waals surface area (Å²) in [6, 6.07) is 0.603. The van der Waals surface area contributed by atoms with Crippen LogP contribution in [-0.2, 0) is 0 Å². The number of nitrogens with zero attached hydrogens (tertiary/aromatic N) is 1. The highest BCUT2D eigenvalue weighted by Gasteiger charge is 2.18. The summed E-state index contributed by atoms with van der Waals surface area (Å²) in [7, 11) is 0. The van der Waals surface area contributed by atoms with E-state index in [0.29, 0.717) is 11.9 Å². The van der Waals surface area contributed by atoms with Crippen molar-refractivity contribution < 1.29 is 0 Å². The van der Waals surface area contributed by atoms with Crippen molar-refractivity contribution in [3.63, 3.8) is 0 Å². The molecule has 3 nitrogen and oxygen atoms in total. The van der Waals surface area contributed by atoms with Crippen molar-refractivity contribution in [3.05, 3.63) is 0 Å². The van der Waals surface area contributed by atoms with Gasteiger partial charge in [-0.2, -0.15) is 16.1 Å². The molecule has 2 heterocycles. The highest BCUT2D eigenvalue weighted by Crippen LogP contribution is 2.36. The second kappa shape index (κ2) is 4.63. The molecule has 0 spiro atoms. The van der Waals surface area contributed by atoms with Gasteiger partial charge in [-0.25, -0.2) is 0 Å². The predicted octanol–water partition coefficient (Wildman–Crippen LogP) is 2.36. The van der Waals surface area contributed by atoms with Crippen LogP contribution in [0.25, 0.3) is 0 Å². The SMILES string of the molecule is CSc1c(N)nsc1NC1CCSC1. The Morgan fingerprint density at radius 3 is 3.14 bits per heavy atom. The number of hydrogen-bond donors (Lipinski definition) is 2. The number of nitrogens with two attached hydrogens (primary N) is 1. The van der Waals surface area contributed by atoms with E-state index in [4.69, 9.17) is 5.73 Å². The summed E-state index contributed by atoms with van der Waals surface area (Å²) in [6.07, 6.45) is 3.28. The Kier molecular flexibility index (Phi) is 3.46. The Labute approximate surface area is 96.4 Å². The molecule has 14 heavy (non-hydrogen) atoms. The maximum absolute atomic E-state index is 5.76. The van der Waals surface area contributed by atoms with Gasteiger partial charge < -0.3 is 11.1 Å². The summed E-state index contributed by atoms with van der Waals surface area (Å²) in [4.78, 5) is 1.10. The van der Waals surface area contributed by atoms with Crippen molar-refractivity contribution in [2.45, 2.75) is 17.4 Å². The van der Waals surface area contributed by atoms with Crippen LogP contribution in [0.4, 0.5) is 10.8 Å². The minimum absolute atomic E-state index is 0.603. The van der Waals surface area contributed by atoms with Gasteiger partial charge in [-0.3, -0.25) is 0 Å². The van der Waals surface area contributed by atoms with Gasteiger partial charge in [0.05, 0.1) is 4.90 Å². The molecule has 1 saturated heterocycles. The van der Waals surface area contributed by atoms with Gasteiger partial charge in [-0.05, 0) is 30.0 Å². The predicted molar refractivity (Wildman–Crippen MR) is 67.7 cm³/mol. The van der Waals surface area contributed by atoms with Crippen LogP contribution in [0.15, 0.2) is 4.90 Å². The van der Waals surface area contributed by atoms with E-state index < -0.39 is 0 Å². The first-order chi connectivity index (χ1) is 6.81. The molecular formula is C8H13N3S3. The summed E-state index contributed by atoms with van der Waals surface area (Å²) in [6.45, 7) is 0. The van der Waals surface area contributed by atoms with Crippen LogP contribution in [-0.4, -0.2) is 28.2 Å². The molecule has 1 aromatic rings. The van der Waals surface area contributed by atoms with Gasteiger partial charge in [-0.15, -0.1) is 11.8 Å². The monoisotopic (exact) mass is 247 g/mol. The third-order valence-electron chi connectivity index (χ3n) is 2.14. The molecule has 0 radical (unpaired) electrons. The summed E-state index contributed by atoms with van der Waals surface area (Å²) < 4.78 is 4.16. The standard InChI is InChI=1S/C8H13N3S3/c1-12-6-7(9)11-14-8(6)10-5-2-3-13-4-5/h5,10H,2-4H2,1H3,(H2,9,11). The molecule has 1 aliphatic heterocycles. The first kappa shape index (κ1) is 10.4. The van der Waals surface area contributed by atoms with Gasteiger partial charge in [0.25, 0.3) is 0 Å². The quantitative estimate of drug-likeness (QED) is 0.803. The largest absolute Gasteiger partial charge is 0.382 e. The maximum atomic E-state index is 5.76. The van der Waals surface area contributed by atoms with Gasteiger partial charge >= 0.3 is 0 Å². The van der Waals surface area contributed by atoms with Crippen LogP contribution in [0.5, 0.6) is 0 Å². The average molecular weight is 247 g/mol. The van der Waals surface area contributed by atoms with Crippen molar-refractivity contribution in [1.82, 2.24) is 4.37 Å². The minimum Gasteiger partial charge on any atom is -0.382 e. The molecule has 0 amide bonds. The molecule has 0 bridgehead atoms. The van der Waals surface area contributed by atoms with Crippen molar-refractivity contribution in [3.8, 4) is 0 Å². The number of anilines is 2. The molecule has 1 aromatic heterocycles. The third-order valence-corrected chi connectivity index (χ3v) is 5.05. The Morgan fingerprint density at radius 2 is 2.50 bits per heavy atom. The lowest BCUT2D eigenvalue weighted by molar-refractivity contribution is 0.814. The highest BCUT2D eigenvalue weighted by atomic mass is 32.2. The molecule has 78 valence electrons. The Bertz CT molecular complexity index is 307. The van der Waals surface area contributed by atoms with Crippen molar-refractivity contribution in [2.24, 2.45) is 0 Å². The number of nitrogens with one attached hydrogen (secondary N) is 1. The zero-order valence-electron chi connectivity index (χ0n) is 7.95. The highest BCUT2D eigenvalue weighted by molar-refractivity contribution is 7.99. The summed E-state index contributed by atoms with van der Waals surface area (Å²) in [5, 5.41) is 4.66. The fourth-order valence-electron chi connectivity index (χ4n) is 1.42. The molecular weight excluding hydrogens is 234 g/mol. The number of hydrogen-bond acceptors (Lipinski definition) is 6. The molecule has 3 N–H and O–H groups in total. The second-order valence-electron chi connectivity index (χ2n) is 3.14. The number of rotatable bonds is 3. The van der Waals surface area contributed by atoms with E-state index in [1.807, 2.05) is 18.0 Å². The number of thioether (sulfide) groups is 2. The molecule has 1 unspecified atom stereocenters. The average Bonchev–Trinajstić information content (AvgIpc) is 2.77. The van der Waals surface area contributed by atoms with Gasteiger partial charge in [0.2, 0.25) is 0 Å². The fraction of sp³-hybridized carbons (Fsp3) is 0.625. The van der Waals surface area contributed by atoms with Gasteiger partial charge in [0.15, 0.2) is 5.82 Å². The molecule has 0 aliphatic carbocycles. The van der Waals surface area contributed by atoms with E-state index in [1.54, 1.807) is 11.8 Å². The van der Waals surface area contributed by atoms with Crippen LogP contribution in [0.3, 0.4) is 0 Å². The van der Waals surface area contributed by atoms with Crippen LogP contribution in [0.2, 0.25) is 0 Å². The van der Waals surface area contributed by atoms with Crippen LogP contribution >= 0.6 is 35.1 Å². The molecule has 1 fully saturated rings. The van der Waals surface area contributed by atoms with E-state index in [1.165, 1.54) is 29.5 Å². The lowest BCUT2D eigenvalue weighted by Gasteiger charge is -2.11. The van der Waals surface area contributed by atoms with E-state index in [0.717, 1.165) is 9.90 Å². The maximum Gasteiger partial charge on any atom is 0.153 e. The Hall–Kier alpha value is -0.0700. The van der Waals surface area contributed by atoms with Crippen molar-refractivity contribution in [2.75, 3.05) is 28.8 Å². The normalized spacial score (nSPS) is 21.4. The molecule has 1 atom stereocenters. The lowest BCUT2D eigenvalue weighted by Crippen LogP contribution is -2.17. The molecule has 0 saturated carbocycles. The lowest BCUT2D eigenvalue weighted by atomic mass is 10.3. The zero-order chi connectivity index (χ0) is 9.97. The minimum atomic E-state index is 0.603.